The van der Waals surface area contributed by atoms with Crippen molar-refractivity contribution in [1.29, 1.82) is 0 Å². The summed E-state index contributed by atoms with van der Waals surface area (Å²) in [5.41, 5.74) is 21.7. The molecule has 3 heterocycles. The lowest BCUT2D eigenvalue weighted by Gasteiger charge is -2.33. The maximum Gasteiger partial charge on any atom is 0.326 e. The summed E-state index contributed by atoms with van der Waals surface area (Å²) in [5, 5.41) is 60.5. The van der Waals surface area contributed by atoms with Gasteiger partial charge in [-0.25, -0.2) is 4.79 Å². The zero-order chi connectivity index (χ0) is 65.0. The van der Waals surface area contributed by atoms with Gasteiger partial charge in [0.25, 0.3) is 0 Å². The number of aromatic amines is 2. The van der Waals surface area contributed by atoms with Crippen LogP contribution in [0, 0.1) is 5.92 Å². The van der Waals surface area contributed by atoms with Crippen molar-refractivity contribution in [3.05, 3.63) is 138 Å². The molecule has 0 radical (unpaired) electrons. The number of nitrogens with one attached hydrogen (secondary N) is 9. The molecule has 0 unspecified atom stereocenters. The molecular formula is C63H80N14O13. The van der Waals surface area contributed by atoms with Gasteiger partial charge in [0.1, 0.15) is 54.1 Å². The molecule has 10 atom stereocenters. The van der Waals surface area contributed by atoms with Gasteiger partial charge in [-0.05, 0) is 84.5 Å². The molecule has 4 aromatic carbocycles. The van der Waals surface area contributed by atoms with Crippen molar-refractivity contribution in [2.24, 2.45) is 28.1 Å². The van der Waals surface area contributed by atoms with Gasteiger partial charge in [0.05, 0.1) is 19.3 Å². The Hall–Kier alpha value is -9.86. The Balaban J connectivity index is 1.03. The van der Waals surface area contributed by atoms with Crippen LogP contribution in [0.5, 0.6) is 5.75 Å². The zero-order valence-corrected chi connectivity index (χ0v) is 50.0. The van der Waals surface area contributed by atoms with E-state index in [0.29, 0.717) is 34.9 Å². The van der Waals surface area contributed by atoms with E-state index in [1.54, 1.807) is 67.8 Å². The highest BCUT2D eigenvalue weighted by molar-refractivity contribution is 5.99. The van der Waals surface area contributed by atoms with Crippen molar-refractivity contribution in [3.63, 3.8) is 0 Å². The normalized spacial score (nSPS) is 16.0. The lowest BCUT2D eigenvalue weighted by molar-refractivity contribution is -0.143. The van der Waals surface area contributed by atoms with E-state index in [2.05, 4.69) is 52.2 Å². The minimum Gasteiger partial charge on any atom is -0.508 e. The van der Waals surface area contributed by atoms with Crippen LogP contribution >= 0.6 is 0 Å². The number of carboxylic acids is 1. The van der Waals surface area contributed by atoms with Crippen LogP contribution in [0.4, 0.5) is 0 Å². The fourth-order valence-corrected chi connectivity index (χ4v) is 10.7. The molecule has 0 saturated carbocycles. The van der Waals surface area contributed by atoms with E-state index in [0.717, 1.165) is 22.0 Å². The summed E-state index contributed by atoms with van der Waals surface area (Å²) in [6, 6.07) is 16.6. The first-order chi connectivity index (χ1) is 43.2. The van der Waals surface area contributed by atoms with Gasteiger partial charge in [0.15, 0.2) is 5.96 Å². The first-order valence-corrected chi connectivity index (χ1v) is 29.8. The second kappa shape index (κ2) is 32.4. The number of phenolic OH excluding ortho intramolecular Hbond substituents is 1. The van der Waals surface area contributed by atoms with Gasteiger partial charge in [-0.2, -0.15) is 0 Å². The standard InChI is InChI=1S/C63H80N14O13/c1-3-35(2)53(76-57(84)47(27-36-13-5-4-6-14-36)71-54(81)43(64)29-38-31-68-44-17-9-7-15-41(38)44)61(88)77-26-12-20-52(77)60(87)70-46(19-11-25-67-63(65)66)55(82)74-51(34-79)59(86)75-50(33-78)58(85)72-48(30-39-32-69-45-18-10-8-16-42(39)45)56(83)73-49(62(89)90)28-37-21-23-40(80)24-22-37/h4-10,13-18,21-24,31-32,35,43,46-53,68-69,78-80H,3,11-12,19-20,25-30,33-34,64H2,1-2H3,(H,70,87)(H,71,81)(H,72,85)(H,73,83)(H,74,82)(H,75,86)(H,76,84)(H,89,90)(H4,65,66,67)/t35-,43-,46-,47-,48-,49-,50-,51-,52-,53-/m0/s1. The van der Waals surface area contributed by atoms with Crippen LogP contribution in [-0.4, -0.2) is 175 Å². The van der Waals surface area contributed by atoms with E-state index < -0.39 is 127 Å². The Bertz CT molecular complexity index is 3500. The van der Waals surface area contributed by atoms with Gasteiger partial charge in [-0.3, -0.25) is 43.3 Å². The second-order valence-electron chi connectivity index (χ2n) is 22.4. The number of rotatable bonds is 32. The van der Waals surface area contributed by atoms with E-state index in [4.69, 9.17) is 17.2 Å². The van der Waals surface area contributed by atoms with E-state index in [1.807, 2.05) is 37.3 Å². The molecule has 0 spiro atoms. The number of phenols is 1. The third-order valence-corrected chi connectivity index (χ3v) is 15.9. The fourth-order valence-electron chi connectivity index (χ4n) is 10.7. The number of aromatic hydroxyl groups is 1. The number of carbonyl (C=O) groups excluding carboxylic acids is 8. The number of H-pyrrole nitrogens is 2. The molecule has 1 saturated heterocycles. The number of carbonyl (C=O) groups is 9. The van der Waals surface area contributed by atoms with E-state index in [9.17, 15) is 63.6 Å². The number of amides is 8. The summed E-state index contributed by atoms with van der Waals surface area (Å²) in [5.74, 6) is -9.02. The number of guanidine groups is 1. The number of aliphatic imine (C=N–C) groups is 1. The number of aromatic nitrogens is 2. The summed E-state index contributed by atoms with van der Waals surface area (Å²) in [4.78, 5) is 138. The molecule has 1 aliphatic rings. The molecule has 0 aliphatic carbocycles. The Morgan fingerprint density at radius 2 is 1.09 bits per heavy atom. The van der Waals surface area contributed by atoms with Crippen molar-refractivity contribution >= 4 is 81.0 Å². The monoisotopic (exact) mass is 1240 g/mol. The lowest BCUT2D eigenvalue weighted by Crippen LogP contribution is -2.61. The lowest BCUT2D eigenvalue weighted by atomic mass is 9.96. The van der Waals surface area contributed by atoms with E-state index in [-0.39, 0.29) is 69.7 Å². The van der Waals surface area contributed by atoms with Gasteiger partial charge in [-0.1, -0.05) is 99.1 Å². The molecule has 0 bridgehead atoms. The summed E-state index contributed by atoms with van der Waals surface area (Å²) in [6.07, 6.45) is 4.07. The smallest absolute Gasteiger partial charge is 0.326 e. The summed E-state index contributed by atoms with van der Waals surface area (Å²) in [7, 11) is 0. The Morgan fingerprint density at radius 3 is 1.67 bits per heavy atom. The predicted octanol–water partition coefficient (Wildman–Crippen LogP) is -0.494. The molecule has 2 aromatic heterocycles. The number of benzene rings is 4. The molecule has 19 N–H and O–H groups in total. The molecule has 480 valence electrons. The Morgan fingerprint density at radius 1 is 0.600 bits per heavy atom. The van der Waals surface area contributed by atoms with E-state index in [1.165, 1.54) is 29.2 Å². The quantitative estimate of drug-likeness (QED) is 0.0144. The van der Waals surface area contributed by atoms with Crippen LogP contribution in [0.2, 0.25) is 0 Å². The molecule has 1 fully saturated rings. The van der Waals surface area contributed by atoms with Crippen molar-refractivity contribution in [2.45, 2.75) is 126 Å². The van der Waals surface area contributed by atoms with Crippen molar-refractivity contribution in [2.75, 3.05) is 26.3 Å². The van der Waals surface area contributed by atoms with Gasteiger partial charge in [0, 0.05) is 66.6 Å². The van der Waals surface area contributed by atoms with Gasteiger partial charge in [-0.15, -0.1) is 0 Å². The topological polar surface area (TPSA) is 444 Å². The third-order valence-electron chi connectivity index (χ3n) is 15.9. The second-order valence-corrected chi connectivity index (χ2v) is 22.4. The number of para-hydroxylation sites is 2. The van der Waals surface area contributed by atoms with Crippen LogP contribution in [0.1, 0.15) is 68.2 Å². The zero-order valence-electron chi connectivity index (χ0n) is 50.0. The number of hydrogen-bond acceptors (Lipinski definition) is 14. The van der Waals surface area contributed by atoms with Crippen molar-refractivity contribution in [1.82, 2.24) is 52.1 Å². The molecule has 27 nitrogen and oxygen atoms in total. The molecule has 90 heavy (non-hydrogen) atoms. The Kier molecular flexibility index (Phi) is 24.3. The minimum absolute atomic E-state index is 0.0000307. The number of carboxylic acid groups (broad SMARTS) is 1. The number of nitrogens with zero attached hydrogens (tertiary/aromatic N) is 2. The fraction of sp³-hybridized carbons (Fsp3) is 0.397. The van der Waals surface area contributed by atoms with Crippen LogP contribution in [0.15, 0.2) is 121 Å². The maximum atomic E-state index is 14.8. The van der Waals surface area contributed by atoms with Crippen molar-refractivity contribution < 1.29 is 63.6 Å². The molecule has 8 amide bonds. The van der Waals surface area contributed by atoms with Crippen LogP contribution in [0.3, 0.4) is 0 Å². The minimum atomic E-state index is -1.81. The first-order valence-electron chi connectivity index (χ1n) is 29.8. The number of aliphatic hydroxyl groups excluding tert-OH is 2. The van der Waals surface area contributed by atoms with Gasteiger partial charge in [0.2, 0.25) is 47.3 Å². The molecule has 27 heteroatoms. The molecule has 6 aromatic rings. The first kappa shape index (κ1) is 67.6. The number of fused-ring (bicyclic) bond motifs is 2. The third kappa shape index (κ3) is 18.4. The van der Waals surface area contributed by atoms with Crippen molar-refractivity contribution in [3.8, 4) is 5.75 Å². The predicted molar refractivity (Wildman–Crippen MR) is 333 cm³/mol. The number of hydrogen-bond donors (Lipinski definition) is 16. The van der Waals surface area contributed by atoms with Crippen LogP contribution < -0.4 is 54.4 Å². The Labute approximate surface area is 518 Å². The van der Waals surface area contributed by atoms with Crippen LogP contribution in [-0.2, 0) is 68.8 Å². The molecule has 7 rings (SSSR count). The highest BCUT2D eigenvalue weighted by Gasteiger charge is 2.42. The average molecular weight is 1240 g/mol. The largest absolute Gasteiger partial charge is 0.508 e. The summed E-state index contributed by atoms with van der Waals surface area (Å²) >= 11 is 0. The van der Waals surface area contributed by atoms with Gasteiger partial charge < -0.3 is 89.7 Å². The molecule has 1 aliphatic heterocycles. The number of aliphatic carboxylic acids is 1. The number of likely N-dealkylation sites (tertiary alicyclic amines) is 1. The average Bonchev–Trinajstić information content (AvgIpc) is 2.58. The van der Waals surface area contributed by atoms with Gasteiger partial charge >= 0.3 is 5.97 Å². The molecular weight excluding hydrogens is 1160 g/mol. The summed E-state index contributed by atoms with van der Waals surface area (Å²) in [6.45, 7) is 1.57. The maximum absolute atomic E-state index is 14.8. The summed E-state index contributed by atoms with van der Waals surface area (Å²) < 4.78 is 0. The highest BCUT2D eigenvalue weighted by atomic mass is 16.4. The van der Waals surface area contributed by atoms with E-state index >= 15 is 0 Å². The van der Waals surface area contributed by atoms with Crippen LogP contribution in [0.25, 0.3) is 21.8 Å². The number of aliphatic hydroxyl groups is 2. The highest BCUT2D eigenvalue weighted by Crippen LogP contribution is 2.24. The number of nitrogens with two attached hydrogens (primary N) is 3. The SMILES string of the molecule is CC[C@H](C)[C@H](NC(=O)[C@H](Cc1ccccc1)NC(=O)[C@@H](N)Cc1c[nH]c2ccccc12)C(=O)N1CCC[C@H]1C(=O)N[C@@H](CCCN=C(N)N)C(=O)N[C@@H](CO)C(=O)N[C@@H](CO)C(=O)N[C@@H](Cc1c[nH]c2ccccc12)C(=O)N[C@@H](Cc1ccc(O)cc1)C(=O)O.